The molecule has 2 heterocycles. The summed E-state index contributed by atoms with van der Waals surface area (Å²) >= 11 is 0. The molecule has 124 valence electrons. The van der Waals surface area contributed by atoms with Crippen LogP contribution < -0.4 is 5.59 Å². The molecule has 1 aromatic rings. The van der Waals surface area contributed by atoms with Crippen molar-refractivity contribution in [2.75, 3.05) is 7.05 Å². The monoisotopic (exact) mass is 322 g/mol. The topological polar surface area (TPSA) is 93.4 Å². The smallest absolute Gasteiger partial charge is 0.493 e. The highest BCUT2D eigenvalue weighted by Crippen LogP contribution is 2.12. The quantitative estimate of drug-likeness (QED) is 0.759. The molecule has 0 saturated heterocycles. The van der Waals surface area contributed by atoms with Crippen LogP contribution in [0.3, 0.4) is 0 Å². The Bertz CT molecular complexity index is 624. The van der Waals surface area contributed by atoms with Crippen molar-refractivity contribution in [2.45, 2.75) is 26.4 Å². The van der Waals surface area contributed by atoms with Crippen molar-refractivity contribution < 1.29 is 29.1 Å². The van der Waals surface area contributed by atoms with E-state index in [2.05, 4.69) is 0 Å². The zero-order valence-electron chi connectivity index (χ0n) is 13.4. The van der Waals surface area contributed by atoms with E-state index in [0.29, 0.717) is 0 Å². The third-order valence-electron chi connectivity index (χ3n) is 2.70. The molecule has 1 aliphatic rings. The van der Waals surface area contributed by atoms with Crippen molar-refractivity contribution in [1.82, 2.24) is 9.47 Å². The summed E-state index contributed by atoms with van der Waals surface area (Å²) in [4.78, 5) is 13.6. The van der Waals surface area contributed by atoms with Gasteiger partial charge in [-0.15, -0.1) is 0 Å². The SMILES string of the molecule is CN1C=C(O)OB(c2cccn2C(=O)OC(C)(C)C)O/C(O)=C\1. The number of aliphatic hydroxyl groups is 2. The molecule has 1 aromatic heterocycles. The standard InChI is InChI=1S/C14H19BN2O6/c1-14(2,3)21-13(20)17-7-5-6-10(17)15-22-11(18)8-16(4)9-12(19)23-15/h5-9,18-19H,1-4H3/b11-8-,12-9?. The first-order valence-electron chi connectivity index (χ1n) is 6.93. The molecule has 0 radical (unpaired) electrons. The Balaban J connectivity index is 2.29. The van der Waals surface area contributed by atoms with Crippen LogP contribution in [0.5, 0.6) is 0 Å². The molecule has 0 bridgehead atoms. The molecule has 0 atom stereocenters. The van der Waals surface area contributed by atoms with E-state index in [1.807, 2.05) is 0 Å². The fraction of sp³-hybridized carbons (Fsp3) is 0.357. The van der Waals surface area contributed by atoms with Crippen LogP contribution in [0.2, 0.25) is 0 Å². The Morgan fingerprint density at radius 3 is 2.30 bits per heavy atom. The fourth-order valence-electron chi connectivity index (χ4n) is 1.87. The molecule has 0 spiro atoms. The zero-order chi connectivity index (χ0) is 17.2. The molecule has 0 unspecified atom stereocenters. The molecular formula is C14H19BN2O6. The van der Waals surface area contributed by atoms with Gasteiger partial charge in [0.2, 0.25) is 0 Å². The number of rotatable bonds is 1. The number of hydrogen-bond acceptors (Lipinski definition) is 7. The van der Waals surface area contributed by atoms with Crippen LogP contribution in [0.15, 0.2) is 42.6 Å². The van der Waals surface area contributed by atoms with Crippen LogP contribution >= 0.6 is 0 Å². The van der Waals surface area contributed by atoms with Crippen molar-refractivity contribution >= 4 is 18.8 Å². The minimum Gasteiger partial charge on any atom is -0.493 e. The van der Waals surface area contributed by atoms with Crippen LogP contribution in [-0.2, 0) is 14.0 Å². The highest BCUT2D eigenvalue weighted by Gasteiger charge is 2.35. The van der Waals surface area contributed by atoms with Gasteiger partial charge in [-0.2, -0.15) is 0 Å². The number of ether oxygens (including phenoxy) is 1. The van der Waals surface area contributed by atoms with Gasteiger partial charge in [-0.1, -0.05) is 0 Å². The van der Waals surface area contributed by atoms with Crippen LogP contribution in [0.25, 0.3) is 0 Å². The molecule has 9 heteroatoms. The number of aliphatic hydroxyl groups excluding tert-OH is 2. The predicted molar refractivity (Wildman–Crippen MR) is 82.8 cm³/mol. The maximum atomic E-state index is 12.2. The minimum atomic E-state index is -1.22. The van der Waals surface area contributed by atoms with Crippen molar-refractivity contribution in [3.63, 3.8) is 0 Å². The molecule has 0 saturated carbocycles. The highest BCUT2D eigenvalue weighted by atomic mass is 16.7. The number of hydrogen-bond donors (Lipinski definition) is 2. The molecule has 1 aliphatic heterocycles. The van der Waals surface area contributed by atoms with E-state index in [-0.39, 0.29) is 5.59 Å². The summed E-state index contributed by atoms with van der Waals surface area (Å²) in [7, 11) is 0.349. The summed E-state index contributed by atoms with van der Waals surface area (Å²) < 4.78 is 16.9. The second kappa shape index (κ2) is 6.19. The van der Waals surface area contributed by atoms with Gasteiger partial charge in [0.15, 0.2) is 0 Å². The summed E-state index contributed by atoms with van der Waals surface area (Å²) in [5.74, 6) is -0.864. The summed E-state index contributed by atoms with van der Waals surface area (Å²) in [6.45, 7) is 5.24. The van der Waals surface area contributed by atoms with Crippen LogP contribution in [0, 0.1) is 0 Å². The third-order valence-corrected chi connectivity index (χ3v) is 2.70. The number of carbonyl (C=O) groups is 1. The van der Waals surface area contributed by atoms with E-state index in [0.717, 1.165) is 0 Å². The van der Waals surface area contributed by atoms with Gasteiger partial charge in [0, 0.05) is 13.2 Å². The summed E-state index contributed by atoms with van der Waals surface area (Å²) in [6.07, 6.45) is 3.33. The van der Waals surface area contributed by atoms with Gasteiger partial charge >= 0.3 is 13.2 Å². The Morgan fingerprint density at radius 2 is 1.78 bits per heavy atom. The lowest BCUT2D eigenvalue weighted by molar-refractivity contribution is 0.0537. The molecule has 0 fully saturated rings. The second-order valence-electron chi connectivity index (χ2n) is 5.95. The normalized spacial score (nSPS) is 17.9. The van der Waals surface area contributed by atoms with E-state index in [1.165, 1.54) is 28.1 Å². The number of aromatic nitrogens is 1. The Kier molecular flexibility index (Phi) is 4.49. The predicted octanol–water partition coefficient (Wildman–Crippen LogP) is 1.66. The van der Waals surface area contributed by atoms with Crippen molar-refractivity contribution in [3.05, 3.63) is 42.6 Å². The lowest BCUT2D eigenvalue weighted by Gasteiger charge is -2.23. The van der Waals surface area contributed by atoms with E-state index in [4.69, 9.17) is 14.0 Å². The van der Waals surface area contributed by atoms with Gasteiger partial charge in [0.05, 0.1) is 18.0 Å². The van der Waals surface area contributed by atoms with Crippen molar-refractivity contribution in [3.8, 4) is 0 Å². The van der Waals surface area contributed by atoms with Gasteiger partial charge in [-0.05, 0) is 32.9 Å². The van der Waals surface area contributed by atoms with Crippen LogP contribution in [0.1, 0.15) is 20.8 Å². The van der Waals surface area contributed by atoms with E-state index < -0.39 is 30.7 Å². The fourth-order valence-corrected chi connectivity index (χ4v) is 1.87. The molecule has 0 amide bonds. The van der Waals surface area contributed by atoms with Crippen molar-refractivity contribution in [1.29, 1.82) is 0 Å². The molecule has 2 N–H and O–H groups in total. The lowest BCUT2D eigenvalue weighted by atomic mass is 9.84. The second-order valence-corrected chi connectivity index (χ2v) is 5.95. The van der Waals surface area contributed by atoms with Crippen LogP contribution in [0.4, 0.5) is 4.79 Å². The summed E-state index contributed by atoms with van der Waals surface area (Å²) in [6, 6.07) is 3.15. The molecule has 0 aromatic carbocycles. The Hall–Kier alpha value is -2.71. The van der Waals surface area contributed by atoms with Gasteiger partial charge in [-0.25, -0.2) is 4.79 Å². The third kappa shape index (κ3) is 4.38. The maximum absolute atomic E-state index is 12.2. The molecule has 8 nitrogen and oxygen atoms in total. The molecular weight excluding hydrogens is 303 g/mol. The first-order valence-corrected chi connectivity index (χ1v) is 6.93. The van der Waals surface area contributed by atoms with Gasteiger partial charge in [0.1, 0.15) is 5.60 Å². The largest absolute Gasteiger partial charge is 0.655 e. The zero-order valence-corrected chi connectivity index (χ0v) is 13.4. The number of carbonyl (C=O) groups excluding carboxylic acids is 1. The average molecular weight is 322 g/mol. The van der Waals surface area contributed by atoms with Gasteiger partial charge in [0.25, 0.3) is 11.9 Å². The summed E-state index contributed by atoms with van der Waals surface area (Å²) in [5.41, 5.74) is -0.419. The molecule has 23 heavy (non-hydrogen) atoms. The van der Waals surface area contributed by atoms with Crippen LogP contribution in [-0.4, -0.2) is 45.5 Å². The maximum Gasteiger partial charge on any atom is 0.655 e. The molecule has 0 aliphatic carbocycles. The van der Waals surface area contributed by atoms with Gasteiger partial charge in [-0.3, -0.25) is 4.57 Å². The first kappa shape index (κ1) is 16.7. The van der Waals surface area contributed by atoms with E-state index in [1.54, 1.807) is 40.0 Å². The lowest BCUT2D eigenvalue weighted by Crippen LogP contribution is -2.44. The van der Waals surface area contributed by atoms with Crippen molar-refractivity contribution in [2.24, 2.45) is 0 Å². The highest BCUT2D eigenvalue weighted by molar-refractivity contribution is 6.61. The molecule has 2 rings (SSSR count). The first-order chi connectivity index (χ1) is 10.7. The average Bonchev–Trinajstić information content (AvgIpc) is 2.82. The summed E-state index contributed by atoms with van der Waals surface area (Å²) in [5, 5.41) is 19.5. The Morgan fingerprint density at radius 1 is 1.22 bits per heavy atom. The van der Waals surface area contributed by atoms with Gasteiger partial charge < -0.3 is 29.2 Å². The van der Waals surface area contributed by atoms with E-state index >= 15 is 0 Å². The minimum absolute atomic E-state index is 0.253. The number of nitrogens with zero attached hydrogens (tertiary/aromatic N) is 2. The Labute approximate surface area is 134 Å². The van der Waals surface area contributed by atoms with E-state index in [9.17, 15) is 15.0 Å².